The summed E-state index contributed by atoms with van der Waals surface area (Å²) in [6.07, 6.45) is 0.916. The molecule has 0 aliphatic heterocycles. The highest BCUT2D eigenvalue weighted by molar-refractivity contribution is 7.80. The molecule has 180 valence electrons. The molecule has 0 aliphatic carbocycles. The fraction of sp³-hybridized carbons (Fsp3) is 0.591. The van der Waals surface area contributed by atoms with Crippen molar-refractivity contribution in [3.63, 3.8) is 0 Å². The quantitative estimate of drug-likeness (QED) is 0.238. The van der Waals surface area contributed by atoms with E-state index in [0.29, 0.717) is 35.9 Å². The number of carbonyl (C=O) groups excluding carboxylic acids is 2. The SMILES string of the molecule is CC(C)(C)OC(=O)NC(CCCCNC(=O)OCc1ccccc1Cl)C(=S)O[Si](C)(C)C. The number of rotatable bonds is 10. The van der Waals surface area contributed by atoms with Crippen LogP contribution in [0.25, 0.3) is 0 Å². The Labute approximate surface area is 202 Å². The fourth-order valence-electron chi connectivity index (χ4n) is 2.55. The van der Waals surface area contributed by atoms with Gasteiger partial charge in [-0.25, -0.2) is 9.59 Å². The van der Waals surface area contributed by atoms with Gasteiger partial charge in [0.25, 0.3) is 0 Å². The molecule has 0 fully saturated rings. The third-order valence-electron chi connectivity index (χ3n) is 3.89. The zero-order chi connectivity index (χ0) is 24.4. The summed E-state index contributed by atoms with van der Waals surface area (Å²) in [7, 11) is -1.91. The van der Waals surface area contributed by atoms with Crippen LogP contribution in [0.3, 0.4) is 0 Å². The number of hydrogen-bond donors (Lipinski definition) is 2. The van der Waals surface area contributed by atoms with Crippen LogP contribution in [0.1, 0.15) is 45.6 Å². The summed E-state index contributed by atoms with van der Waals surface area (Å²) in [5, 5.41) is 6.44. The van der Waals surface area contributed by atoms with Gasteiger partial charge in [0.2, 0.25) is 8.32 Å². The maximum atomic E-state index is 12.2. The number of alkyl carbamates (subject to hydrolysis) is 2. The van der Waals surface area contributed by atoms with E-state index in [1.165, 1.54) is 0 Å². The van der Waals surface area contributed by atoms with Crippen LogP contribution in [0.15, 0.2) is 24.3 Å². The van der Waals surface area contributed by atoms with Crippen LogP contribution >= 0.6 is 23.8 Å². The highest BCUT2D eigenvalue weighted by atomic mass is 35.5. The van der Waals surface area contributed by atoms with Crippen LogP contribution in [0, 0.1) is 0 Å². The second kappa shape index (κ2) is 13.0. The molecule has 0 spiro atoms. The molecule has 1 rings (SSSR count). The van der Waals surface area contributed by atoms with Gasteiger partial charge in [-0.2, -0.15) is 0 Å². The van der Waals surface area contributed by atoms with Gasteiger partial charge in [0, 0.05) is 17.1 Å². The number of nitrogens with one attached hydrogen (secondary N) is 2. The van der Waals surface area contributed by atoms with Gasteiger partial charge in [-0.1, -0.05) is 29.8 Å². The van der Waals surface area contributed by atoms with Gasteiger partial charge in [-0.15, -0.1) is 0 Å². The Morgan fingerprint density at radius 1 is 1.12 bits per heavy atom. The predicted octanol–water partition coefficient (Wildman–Crippen LogP) is 5.81. The summed E-state index contributed by atoms with van der Waals surface area (Å²) in [5.41, 5.74) is 0.140. The van der Waals surface area contributed by atoms with Crippen LogP contribution < -0.4 is 10.6 Å². The molecule has 0 heterocycles. The lowest BCUT2D eigenvalue weighted by Gasteiger charge is -2.27. The molecule has 0 aliphatic rings. The van der Waals surface area contributed by atoms with E-state index in [9.17, 15) is 9.59 Å². The van der Waals surface area contributed by atoms with Crippen molar-refractivity contribution < 1.29 is 23.5 Å². The zero-order valence-corrected chi connectivity index (χ0v) is 22.3. The average Bonchev–Trinajstić information content (AvgIpc) is 2.63. The van der Waals surface area contributed by atoms with E-state index in [4.69, 9.17) is 37.7 Å². The van der Waals surface area contributed by atoms with E-state index in [-0.39, 0.29) is 6.61 Å². The summed E-state index contributed by atoms with van der Waals surface area (Å²) >= 11 is 11.5. The van der Waals surface area contributed by atoms with Gasteiger partial charge >= 0.3 is 12.2 Å². The summed E-state index contributed by atoms with van der Waals surface area (Å²) in [6.45, 7) is 12.0. The number of amides is 2. The lowest BCUT2D eigenvalue weighted by Crippen LogP contribution is -2.46. The summed E-state index contributed by atoms with van der Waals surface area (Å²) in [4.78, 5) is 24.1. The van der Waals surface area contributed by atoms with Crippen LogP contribution in [-0.2, 0) is 20.5 Å². The number of benzene rings is 1. The molecule has 0 saturated carbocycles. The number of hydrogen-bond acceptors (Lipinski definition) is 6. The molecule has 2 amide bonds. The van der Waals surface area contributed by atoms with E-state index in [2.05, 4.69) is 10.6 Å². The molecule has 0 saturated heterocycles. The second-order valence-electron chi connectivity index (χ2n) is 9.32. The van der Waals surface area contributed by atoms with Crippen molar-refractivity contribution in [3.8, 4) is 0 Å². The molecule has 0 radical (unpaired) electrons. The summed E-state index contributed by atoms with van der Waals surface area (Å²) < 4.78 is 16.4. The number of halogens is 1. The number of carbonyl (C=O) groups is 2. The van der Waals surface area contributed by atoms with Crippen molar-refractivity contribution in [3.05, 3.63) is 34.9 Å². The van der Waals surface area contributed by atoms with E-state index in [1.807, 2.05) is 31.8 Å². The van der Waals surface area contributed by atoms with Gasteiger partial charge in [0.05, 0.1) is 6.04 Å². The first-order chi connectivity index (χ1) is 14.8. The summed E-state index contributed by atoms with van der Waals surface area (Å²) in [5.74, 6) is 0. The van der Waals surface area contributed by atoms with E-state index >= 15 is 0 Å². The van der Waals surface area contributed by atoms with Crippen LogP contribution in [0.2, 0.25) is 24.7 Å². The third kappa shape index (κ3) is 12.9. The Morgan fingerprint density at radius 3 is 2.38 bits per heavy atom. The van der Waals surface area contributed by atoms with Crippen molar-refractivity contribution in [2.75, 3.05) is 6.54 Å². The molecule has 1 unspecified atom stereocenters. The Balaban J connectivity index is 2.44. The summed E-state index contributed by atoms with van der Waals surface area (Å²) in [6, 6.07) is 6.76. The number of unbranched alkanes of at least 4 members (excludes halogenated alkanes) is 1. The lowest BCUT2D eigenvalue weighted by atomic mass is 10.1. The first-order valence-electron chi connectivity index (χ1n) is 10.6. The molecule has 0 bridgehead atoms. The average molecular weight is 503 g/mol. The topological polar surface area (TPSA) is 85.9 Å². The fourth-order valence-corrected chi connectivity index (χ4v) is 4.41. The van der Waals surface area contributed by atoms with Crippen molar-refractivity contribution >= 4 is 49.4 Å². The minimum absolute atomic E-state index is 0.107. The van der Waals surface area contributed by atoms with Gasteiger partial charge in [0.1, 0.15) is 12.2 Å². The Hall–Kier alpha value is -1.84. The zero-order valence-electron chi connectivity index (χ0n) is 19.7. The Bertz CT molecular complexity index is 780. The predicted molar refractivity (Wildman–Crippen MR) is 134 cm³/mol. The Kier molecular flexibility index (Phi) is 11.5. The Morgan fingerprint density at radius 2 is 1.78 bits per heavy atom. The van der Waals surface area contributed by atoms with Gasteiger partial charge < -0.3 is 24.5 Å². The molecule has 1 aromatic rings. The van der Waals surface area contributed by atoms with E-state index in [1.54, 1.807) is 32.9 Å². The van der Waals surface area contributed by atoms with Crippen LogP contribution in [0.5, 0.6) is 0 Å². The second-order valence-corrected chi connectivity index (χ2v) is 14.6. The maximum Gasteiger partial charge on any atom is 0.408 e. The standard InChI is InChI=1S/C22H35ClN2O5SSi/c1-22(2,3)29-21(27)25-18(19(31)30-32(4,5)6)13-9-10-14-24-20(26)28-15-16-11-7-8-12-17(16)23/h7-8,11-12,18H,9-10,13-15H2,1-6H3,(H,24,26)(H,25,27). The van der Waals surface area contributed by atoms with Gasteiger partial charge in [-0.05, 0) is 78.0 Å². The molecule has 32 heavy (non-hydrogen) atoms. The van der Waals surface area contributed by atoms with Crippen molar-refractivity contribution in [2.45, 2.75) is 77.9 Å². The maximum absolute atomic E-state index is 12.2. The monoisotopic (exact) mass is 502 g/mol. The van der Waals surface area contributed by atoms with E-state index < -0.39 is 32.1 Å². The molecule has 1 aromatic carbocycles. The molecule has 7 nitrogen and oxygen atoms in total. The molecule has 1 atom stereocenters. The molecule has 2 N–H and O–H groups in total. The van der Waals surface area contributed by atoms with Crippen molar-refractivity contribution in [2.24, 2.45) is 0 Å². The number of thiocarbonyl (C=S) groups is 1. The molecule has 0 aromatic heterocycles. The van der Waals surface area contributed by atoms with Crippen LogP contribution in [0.4, 0.5) is 9.59 Å². The molecular weight excluding hydrogens is 468 g/mol. The normalized spacial score (nSPS) is 12.5. The lowest BCUT2D eigenvalue weighted by molar-refractivity contribution is 0.0513. The minimum atomic E-state index is -1.91. The molecular formula is C22H35ClN2O5SSi. The van der Waals surface area contributed by atoms with Gasteiger partial charge in [0.15, 0.2) is 5.05 Å². The van der Waals surface area contributed by atoms with Crippen LogP contribution in [-0.4, -0.2) is 43.7 Å². The smallest absolute Gasteiger partial charge is 0.408 e. The first kappa shape index (κ1) is 28.2. The largest absolute Gasteiger partial charge is 0.538 e. The van der Waals surface area contributed by atoms with Crippen molar-refractivity contribution in [1.29, 1.82) is 0 Å². The van der Waals surface area contributed by atoms with Crippen molar-refractivity contribution in [1.82, 2.24) is 10.6 Å². The first-order valence-corrected chi connectivity index (χ1v) is 14.8. The highest BCUT2D eigenvalue weighted by Crippen LogP contribution is 2.16. The minimum Gasteiger partial charge on any atom is -0.538 e. The third-order valence-corrected chi connectivity index (χ3v) is 5.60. The van der Waals surface area contributed by atoms with Gasteiger partial charge in [-0.3, -0.25) is 0 Å². The molecule has 10 heteroatoms. The highest BCUT2D eigenvalue weighted by Gasteiger charge is 2.26. The number of ether oxygens (including phenoxy) is 2. The van der Waals surface area contributed by atoms with E-state index in [0.717, 1.165) is 5.56 Å².